The minimum Gasteiger partial charge on any atom is -0.446 e. The first-order chi connectivity index (χ1) is 13.9. The average Bonchev–Trinajstić information content (AvgIpc) is 3.03. The van der Waals surface area contributed by atoms with E-state index < -0.39 is 0 Å². The Morgan fingerprint density at radius 3 is 2.93 bits per heavy atom. The maximum atomic E-state index is 12.4. The Bertz CT molecular complexity index is 1000. The van der Waals surface area contributed by atoms with E-state index in [1.54, 1.807) is 32.6 Å². The first kappa shape index (κ1) is 20.6. The second-order valence-electron chi connectivity index (χ2n) is 7.02. The lowest BCUT2D eigenvalue weighted by molar-refractivity contribution is -0.111. The highest BCUT2D eigenvalue weighted by Crippen LogP contribution is 2.38. The molecule has 1 N–H and O–H groups in total. The molecule has 0 spiro atoms. The first-order valence-electron chi connectivity index (χ1n) is 9.21. The number of carbonyl (C=O) groups excluding carboxylic acids is 2. The minimum absolute atomic E-state index is 0.223. The summed E-state index contributed by atoms with van der Waals surface area (Å²) in [4.78, 5) is 30.6. The van der Waals surface area contributed by atoms with Crippen LogP contribution in [0.1, 0.15) is 33.6 Å². The van der Waals surface area contributed by atoms with Gasteiger partial charge in [-0.15, -0.1) is 11.3 Å². The lowest BCUT2D eigenvalue weighted by Crippen LogP contribution is -2.31. The van der Waals surface area contributed by atoms with Crippen molar-refractivity contribution >= 4 is 34.4 Å². The Labute approximate surface area is 173 Å². The van der Waals surface area contributed by atoms with Crippen LogP contribution in [0.15, 0.2) is 24.5 Å². The summed E-state index contributed by atoms with van der Waals surface area (Å²) in [6, 6.07) is 4.08. The molecule has 0 saturated heterocycles. The average molecular weight is 410 g/mol. The number of amides is 2. The van der Waals surface area contributed by atoms with Gasteiger partial charge in [0, 0.05) is 43.9 Å². The fourth-order valence-corrected chi connectivity index (χ4v) is 4.35. The number of aromatic nitrogens is 1. The van der Waals surface area contributed by atoms with Gasteiger partial charge in [-0.1, -0.05) is 0 Å². The zero-order valence-electron chi connectivity index (χ0n) is 16.6. The third-order valence-electron chi connectivity index (χ3n) is 4.70. The van der Waals surface area contributed by atoms with E-state index in [9.17, 15) is 14.9 Å². The van der Waals surface area contributed by atoms with Gasteiger partial charge < -0.3 is 15.0 Å². The van der Waals surface area contributed by atoms with E-state index in [1.165, 1.54) is 22.3 Å². The molecular formula is C21H22N4O3S. The fourth-order valence-electron chi connectivity index (χ4n) is 3.08. The van der Waals surface area contributed by atoms with Gasteiger partial charge >= 0.3 is 6.09 Å². The molecule has 0 aromatic carbocycles. The summed E-state index contributed by atoms with van der Waals surface area (Å²) >= 11 is 1.37. The molecule has 2 amide bonds. The van der Waals surface area contributed by atoms with Crippen molar-refractivity contribution in [3.63, 3.8) is 0 Å². The van der Waals surface area contributed by atoms with E-state index in [2.05, 4.69) is 16.4 Å². The molecule has 2 aromatic rings. The maximum absolute atomic E-state index is 12.4. The molecule has 0 radical (unpaired) electrons. The number of thiophene rings is 1. The van der Waals surface area contributed by atoms with Crippen LogP contribution in [-0.4, -0.2) is 42.1 Å². The Morgan fingerprint density at radius 1 is 1.45 bits per heavy atom. The van der Waals surface area contributed by atoms with E-state index in [4.69, 9.17) is 4.74 Å². The highest BCUT2D eigenvalue weighted by Gasteiger charge is 2.28. The third-order valence-corrected chi connectivity index (χ3v) is 5.86. The van der Waals surface area contributed by atoms with Gasteiger partial charge in [0.2, 0.25) is 5.91 Å². The van der Waals surface area contributed by atoms with Crippen molar-refractivity contribution in [3.05, 3.63) is 51.7 Å². The summed E-state index contributed by atoms with van der Waals surface area (Å²) in [6.45, 7) is 1.94. The van der Waals surface area contributed by atoms with Crippen LogP contribution in [0.2, 0.25) is 0 Å². The van der Waals surface area contributed by atoms with Crippen molar-refractivity contribution in [1.82, 2.24) is 9.88 Å². The SMILES string of the molecule is Cc1ccncc1/C=C/C(=O)Nc1sc2c(c1C#N)CCC(OC(=O)N(C)C)C2. The Hall–Kier alpha value is -3.18. The van der Waals surface area contributed by atoms with Gasteiger partial charge in [0.05, 0.1) is 5.56 Å². The summed E-state index contributed by atoms with van der Waals surface area (Å²) in [6.07, 6.45) is 7.78. The molecule has 2 aromatic heterocycles. The lowest BCUT2D eigenvalue weighted by Gasteiger charge is -2.24. The summed E-state index contributed by atoms with van der Waals surface area (Å²) < 4.78 is 5.48. The summed E-state index contributed by atoms with van der Waals surface area (Å²) in [7, 11) is 3.29. The van der Waals surface area contributed by atoms with Gasteiger partial charge in [-0.25, -0.2) is 4.79 Å². The largest absolute Gasteiger partial charge is 0.446 e. The molecule has 0 bridgehead atoms. The van der Waals surface area contributed by atoms with E-state index in [0.29, 0.717) is 29.8 Å². The van der Waals surface area contributed by atoms with Crippen LogP contribution >= 0.6 is 11.3 Å². The number of rotatable bonds is 4. The zero-order valence-corrected chi connectivity index (χ0v) is 17.4. The lowest BCUT2D eigenvalue weighted by atomic mass is 9.94. The zero-order chi connectivity index (χ0) is 21.0. The van der Waals surface area contributed by atoms with Gasteiger partial charge in [0.1, 0.15) is 17.2 Å². The number of anilines is 1. The first-order valence-corrected chi connectivity index (χ1v) is 10.0. The van der Waals surface area contributed by atoms with Crippen LogP contribution < -0.4 is 5.32 Å². The number of ether oxygens (including phenoxy) is 1. The number of nitrogens with one attached hydrogen (secondary N) is 1. The number of nitrogens with zero attached hydrogens (tertiary/aromatic N) is 3. The number of hydrogen-bond donors (Lipinski definition) is 1. The van der Waals surface area contributed by atoms with Gasteiger partial charge in [-0.3, -0.25) is 9.78 Å². The molecule has 8 heteroatoms. The van der Waals surface area contributed by atoms with E-state index >= 15 is 0 Å². The predicted molar refractivity (Wildman–Crippen MR) is 112 cm³/mol. The smallest absolute Gasteiger partial charge is 0.409 e. The number of fused-ring (bicyclic) bond motifs is 1. The Kier molecular flexibility index (Phi) is 6.29. The number of carbonyl (C=O) groups is 2. The van der Waals surface area contributed by atoms with Crippen LogP contribution in [0.5, 0.6) is 0 Å². The molecule has 1 atom stereocenters. The van der Waals surface area contributed by atoms with Crippen molar-refractivity contribution in [2.24, 2.45) is 0 Å². The third kappa shape index (κ3) is 4.81. The van der Waals surface area contributed by atoms with Crippen molar-refractivity contribution in [3.8, 4) is 6.07 Å². The molecule has 1 unspecified atom stereocenters. The molecule has 1 aliphatic carbocycles. The molecule has 29 heavy (non-hydrogen) atoms. The van der Waals surface area contributed by atoms with Crippen molar-refractivity contribution < 1.29 is 14.3 Å². The molecule has 0 aliphatic heterocycles. The number of pyridine rings is 1. The highest BCUT2D eigenvalue weighted by atomic mass is 32.1. The summed E-state index contributed by atoms with van der Waals surface area (Å²) in [5, 5.41) is 12.9. The van der Waals surface area contributed by atoms with Gasteiger partial charge in [-0.05, 0) is 48.6 Å². The number of hydrogen-bond acceptors (Lipinski definition) is 6. The van der Waals surface area contributed by atoms with Crippen molar-refractivity contribution in [2.45, 2.75) is 32.3 Å². The van der Waals surface area contributed by atoms with Crippen LogP contribution in [0.4, 0.5) is 9.80 Å². The fraction of sp³-hybridized carbons (Fsp3) is 0.333. The quantitative estimate of drug-likeness (QED) is 0.778. The standard InChI is InChI=1S/C21H22N4O3S/c1-13-8-9-23-12-14(13)4-7-19(26)24-20-17(11-22)16-6-5-15(10-18(16)29-20)28-21(27)25(2)3/h4,7-9,12,15H,5-6,10H2,1-3H3,(H,24,26)/b7-4+. The maximum Gasteiger partial charge on any atom is 0.409 e. The van der Waals surface area contributed by atoms with Crippen LogP contribution in [0.25, 0.3) is 6.08 Å². The number of nitriles is 1. The number of aryl methyl sites for hydroxylation is 1. The van der Waals surface area contributed by atoms with Crippen molar-refractivity contribution in [2.75, 3.05) is 19.4 Å². The highest BCUT2D eigenvalue weighted by molar-refractivity contribution is 7.16. The monoisotopic (exact) mass is 410 g/mol. The summed E-state index contributed by atoms with van der Waals surface area (Å²) in [5.41, 5.74) is 3.32. The second-order valence-corrected chi connectivity index (χ2v) is 8.12. The van der Waals surface area contributed by atoms with Gasteiger partial charge in [0.25, 0.3) is 0 Å². The van der Waals surface area contributed by atoms with Gasteiger partial charge in [0.15, 0.2) is 0 Å². The topological polar surface area (TPSA) is 95.3 Å². The molecule has 2 heterocycles. The summed E-state index contributed by atoms with van der Waals surface area (Å²) in [5.74, 6) is -0.307. The van der Waals surface area contributed by atoms with Crippen LogP contribution in [0, 0.1) is 18.3 Å². The molecule has 150 valence electrons. The predicted octanol–water partition coefficient (Wildman–Crippen LogP) is 3.53. The Morgan fingerprint density at radius 2 is 2.24 bits per heavy atom. The van der Waals surface area contributed by atoms with E-state index in [-0.39, 0.29) is 18.1 Å². The van der Waals surface area contributed by atoms with Crippen molar-refractivity contribution in [1.29, 1.82) is 5.26 Å². The molecule has 1 aliphatic rings. The molecular weight excluding hydrogens is 388 g/mol. The Balaban J connectivity index is 1.72. The van der Waals surface area contributed by atoms with E-state index in [1.807, 2.05) is 13.0 Å². The molecule has 3 rings (SSSR count). The van der Waals surface area contributed by atoms with E-state index in [0.717, 1.165) is 21.6 Å². The van der Waals surface area contributed by atoms with Crippen LogP contribution in [-0.2, 0) is 22.4 Å². The normalized spacial score (nSPS) is 15.4. The minimum atomic E-state index is -0.375. The molecule has 7 nitrogen and oxygen atoms in total. The molecule has 0 saturated carbocycles. The second kappa shape index (κ2) is 8.88. The van der Waals surface area contributed by atoms with Crippen LogP contribution in [0.3, 0.4) is 0 Å². The van der Waals surface area contributed by atoms with Gasteiger partial charge in [-0.2, -0.15) is 5.26 Å². The molecule has 0 fully saturated rings.